The van der Waals surface area contributed by atoms with Crippen molar-refractivity contribution in [3.05, 3.63) is 39.8 Å². The lowest BCUT2D eigenvalue weighted by atomic mass is 10.2. The van der Waals surface area contributed by atoms with E-state index in [0.717, 1.165) is 10.0 Å². The van der Waals surface area contributed by atoms with Crippen LogP contribution in [0.25, 0.3) is 11.2 Å². The number of hydrogen-bond donors (Lipinski definition) is 2. The van der Waals surface area contributed by atoms with Crippen molar-refractivity contribution < 1.29 is 9.47 Å². The number of nitrogens with two attached hydrogens (primary N) is 2. The highest BCUT2D eigenvalue weighted by atomic mass is 79.9. The van der Waals surface area contributed by atoms with E-state index < -0.39 is 0 Å². The number of fused-ring (bicyclic) bond motifs is 1. The van der Waals surface area contributed by atoms with Gasteiger partial charge in [0.05, 0.1) is 26.1 Å². The Hall–Kier alpha value is -1.94. The number of anilines is 1. The molecule has 0 aliphatic carbocycles. The van der Waals surface area contributed by atoms with Gasteiger partial charge in [-0.3, -0.25) is 0 Å². The number of nitrogens with zero attached hydrogens (tertiary/aromatic N) is 4. The van der Waals surface area contributed by atoms with Gasteiger partial charge in [0, 0.05) is 28.2 Å². The molecule has 8 nitrogen and oxygen atoms in total. The molecule has 0 aliphatic heterocycles. The van der Waals surface area contributed by atoms with E-state index in [2.05, 4.69) is 30.9 Å². The number of aromatic nitrogens is 4. The summed E-state index contributed by atoms with van der Waals surface area (Å²) in [6.45, 7) is 1.41. The van der Waals surface area contributed by atoms with Crippen LogP contribution < -0.4 is 16.2 Å². The smallest absolute Gasteiger partial charge is 0.165 e. The van der Waals surface area contributed by atoms with Crippen molar-refractivity contribution in [3.63, 3.8) is 0 Å². The minimum atomic E-state index is -0.0849. The molecule has 10 heteroatoms. The van der Waals surface area contributed by atoms with Gasteiger partial charge < -0.3 is 25.5 Å². The van der Waals surface area contributed by atoms with Crippen LogP contribution in [0.4, 0.5) is 5.82 Å². The van der Waals surface area contributed by atoms with Crippen molar-refractivity contribution in [3.8, 4) is 5.75 Å². The van der Waals surface area contributed by atoms with E-state index in [4.69, 9.17) is 32.5 Å². The fourth-order valence-corrected chi connectivity index (χ4v) is 3.57. The maximum absolute atomic E-state index is 6.20. The Kier molecular flexibility index (Phi) is 6.48. The molecule has 144 valence electrons. The molecular formula is C17H20BrClN6O2. The summed E-state index contributed by atoms with van der Waals surface area (Å²) in [5.74, 6) is 1.01. The van der Waals surface area contributed by atoms with E-state index in [1.165, 1.54) is 6.33 Å². The van der Waals surface area contributed by atoms with E-state index in [1.54, 1.807) is 19.5 Å². The van der Waals surface area contributed by atoms with Gasteiger partial charge in [-0.1, -0.05) is 27.5 Å². The van der Waals surface area contributed by atoms with Crippen molar-refractivity contribution in [2.24, 2.45) is 5.73 Å². The van der Waals surface area contributed by atoms with Crippen LogP contribution in [0.5, 0.6) is 5.75 Å². The average molecular weight is 456 g/mol. The quantitative estimate of drug-likeness (QED) is 0.536. The first-order valence-electron chi connectivity index (χ1n) is 8.26. The molecule has 2 heterocycles. The summed E-state index contributed by atoms with van der Waals surface area (Å²) in [6, 6.07) is 3.52. The second-order valence-electron chi connectivity index (χ2n) is 6.02. The Morgan fingerprint density at radius 1 is 1.30 bits per heavy atom. The molecule has 0 saturated heterocycles. The zero-order valence-corrected chi connectivity index (χ0v) is 17.1. The number of halogens is 2. The Bertz CT molecular complexity index is 935. The molecule has 2 aromatic heterocycles. The minimum Gasteiger partial charge on any atom is -0.493 e. The zero-order valence-electron chi connectivity index (χ0n) is 14.7. The molecule has 0 fully saturated rings. The molecule has 0 amide bonds. The Morgan fingerprint density at radius 2 is 2.11 bits per heavy atom. The first-order chi connectivity index (χ1) is 13.0. The summed E-state index contributed by atoms with van der Waals surface area (Å²) < 4.78 is 13.7. The van der Waals surface area contributed by atoms with Gasteiger partial charge in [-0.25, -0.2) is 15.0 Å². The van der Waals surface area contributed by atoms with Gasteiger partial charge >= 0.3 is 0 Å². The van der Waals surface area contributed by atoms with Crippen molar-refractivity contribution in [2.45, 2.75) is 19.0 Å². The topological polar surface area (TPSA) is 114 Å². The van der Waals surface area contributed by atoms with E-state index >= 15 is 0 Å². The van der Waals surface area contributed by atoms with Crippen LogP contribution in [0.1, 0.15) is 12.0 Å². The van der Waals surface area contributed by atoms with Gasteiger partial charge in [0.1, 0.15) is 17.6 Å². The van der Waals surface area contributed by atoms with Gasteiger partial charge in [-0.2, -0.15) is 0 Å². The molecule has 0 bridgehead atoms. The summed E-state index contributed by atoms with van der Waals surface area (Å²) in [4.78, 5) is 12.5. The van der Waals surface area contributed by atoms with E-state index in [9.17, 15) is 0 Å². The van der Waals surface area contributed by atoms with E-state index in [1.807, 2.05) is 10.6 Å². The van der Waals surface area contributed by atoms with Crippen LogP contribution in [0.2, 0.25) is 5.02 Å². The van der Waals surface area contributed by atoms with Gasteiger partial charge in [0.25, 0.3) is 0 Å². The molecule has 0 spiro atoms. The molecule has 3 rings (SSSR count). The van der Waals surface area contributed by atoms with Crippen molar-refractivity contribution >= 4 is 44.5 Å². The molecular weight excluding hydrogens is 436 g/mol. The summed E-state index contributed by atoms with van der Waals surface area (Å²) in [6.07, 6.45) is 3.76. The molecule has 0 saturated carbocycles. The van der Waals surface area contributed by atoms with Crippen LogP contribution in [-0.2, 0) is 11.3 Å². The standard InChI is InChI=1S/C17H20BrClN6O2/c1-26-7-11(20)2-3-27-14-5-10(19)4-13(18)12(14)6-25-9-24-15-16(21)22-8-23-17(15)25/h4-5,8-9,11H,2-3,6-7,20H2,1H3,(H2,21,22,23)/t11-/m1/s1. The fourth-order valence-electron chi connectivity index (χ4n) is 2.66. The van der Waals surface area contributed by atoms with Crippen LogP contribution in [0.3, 0.4) is 0 Å². The highest BCUT2D eigenvalue weighted by Crippen LogP contribution is 2.33. The number of rotatable bonds is 8. The first-order valence-corrected chi connectivity index (χ1v) is 9.43. The zero-order chi connectivity index (χ0) is 19.4. The molecule has 1 atom stereocenters. The number of methoxy groups -OCH3 is 1. The van der Waals surface area contributed by atoms with Crippen molar-refractivity contribution in [1.29, 1.82) is 0 Å². The maximum Gasteiger partial charge on any atom is 0.165 e. The number of benzene rings is 1. The number of ether oxygens (including phenoxy) is 2. The Balaban J connectivity index is 1.84. The second kappa shape index (κ2) is 8.83. The minimum absolute atomic E-state index is 0.0849. The first kappa shape index (κ1) is 19.8. The molecule has 0 radical (unpaired) electrons. The Labute approximate surface area is 170 Å². The molecule has 0 unspecified atom stereocenters. The summed E-state index contributed by atoms with van der Waals surface area (Å²) in [5.41, 5.74) is 13.9. The lowest BCUT2D eigenvalue weighted by molar-refractivity contribution is 0.167. The summed E-state index contributed by atoms with van der Waals surface area (Å²) in [5, 5.41) is 0.573. The highest BCUT2D eigenvalue weighted by Gasteiger charge is 2.15. The molecule has 0 aliphatic rings. The van der Waals surface area contributed by atoms with Crippen molar-refractivity contribution in [2.75, 3.05) is 26.1 Å². The fraction of sp³-hybridized carbons (Fsp3) is 0.353. The van der Waals surface area contributed by atoms with Gasteiger partial charge in [-0.05, 0) is 18.6 Å². The summed E-state index contributed by atoms with van der Waals surface area (Å²) in [7, 11) is 1.62. The van der Waals surface area contributed by atoms with Crippen LogP contribution >= 0.6 is 27.5 Å². The van der Waals surface area contributed by atoms with Crippen molar-refractivity contribution in [1.82, 2.24) is 19.5 Å². The highest BCUT2D eigenvalue weighted by molar-refractivity contribution is 9.10. The van der Waals surface area contributed by atoms with Crippen LogP contribution in [-0.4, -0.2) is 45.9 Å². The van der Waals surface area contributed by atoms with E-state index in [-0.39, 0.29) is 6.04 Å². The lowest BCUT2D eigenvalue weighted by Gasteiger charge is -2.16. The average Bonchev–Trinajstić information content (AvgIpc) is 3.02. The third-order valence-electron chi connectivity index (χ3n) is 4.00. The monoisotopic (exact) mass is 454 g/mol. The normalized spacial score (nSPS) is 12.4. The maximum atomic E-state index is 6.20. The predicted octanol–water partition coefficient (Wildman–Crippen LogP) is 2.62. The lowest BCUT2D eigenvalue weighted by Crippen LogP contribution is -2.27. The third-order valence-corrected chi connectivity index (χ3v) is 4.93. The number of hydrogen-bond acceptors (Lipinski definition) is 7. The van der Waals surface area contributed by atoms with Crippen LogP contribution in [0, 0.1) is 0 Å². The molecule has 1 aromatic carbocycles. The molecule has 27 heavy (non-hydrogen) atoms. The Morgan fingerprint density at radius 3 is 2.89 bits per heavy atom. The second-order valence-corrected chi connectivity index (χ2v) is 7.31. The van der Waals surface area contributed by atoms with Gasteiger partial charge in [0.2, 0.25) is 0 Å². The third kappa shape index (κ3) is 4.67. The van der Waals surface area contributed by atoms with Crippen LogP contribution in [0.15, 0.2) is 29.3 Å². The largest absolute Gasteiger partial charge is 0.493 e. The molecule has 4 N–H and O–H groups in total. The SMILES string of the molecule is COC[C@H](N)CCOc1cc(Cl)cc(Br)c1Cn1cnc2c(N)ncnc21. The van der Waals surface area contributed by atoms with E-state index in [0.29, 0.717) is 53.9 Å². The van der Waals surface area contributed by atoms with Gasteiger partial charge in [-0.15, -0.1) is 0 Å². The number of imidazole rings is 1. The molecule has 3 aromatic rings. The predicted molar refractivity (Wildman–Crippen MR) is 108 cm³/mol. The summed E-state index contributed by atoms with van der Waals surface area (Å²) >= 11 is 9.77. The number of nitrogen functional groups attached to an aromatic ring is 1. The van der Waals surface area contributed by atoms with Gasteiger partial charge in [0.15, 0.2) is 11.5 Å².